The van der Waals surface area contributed by atoms with E-state index in [4.69, 9.17) is 15.3 Å². The highest BCUT2D eigenvalue weighted by Crippen LogP contribution is 2.02. The van der Waals surface area contributed by atoms with E-state index in [9.17, 15) is 9.59 Å². The first-order valence-electron chi connectivity index (χ1n) is 3.62. The van der Waals surface area contributed by atoms with Gasteiger partial charge in [0.2, 0.25) is 0 Å². The number of aliphatic hydroxyl groups is 3. The maximum absolute atomic E-state index is 10.4. The number of aldehydes is 1. The fraction of sp³-hybridized carbons (Fsp3) is 0.714. The first-order chi connectivity index (χ1) is 6.02. The van der Waals surface area contributed by atoms with Gasteiger partial charge in [-0.2, -0.15) is 0 Å². The molecule has 6 nitrogen and oxygen atoms in total. The lowest BCUT2D eigenvalue weighted by Crippen LogP contribution is -2.42. The van der Waals surface area contributed by atoms with Crippen LogP contribution >= 0.6 is 0 Å². The summed E-state index contributed by atoms with van der Waals surface area (Å²) in [5.74, 6) is -0.749. The normalized spacial score (nSPS) is 17.2. The molecule has 0 amide bonds. The molecule has 0 aromatic carbocycles. The van der Waals surface area contributed by atoms with Gasteiger partial charge in [-0.15, -0.1) is 0 Å². The summed E-state index contributed by atoms with van der Waals surface area (Å²) in [5, 5.41) is 26.4. The van der Waals surface area contributed by atoms with Crippen LogP contribution in [0.5, 0.6) is 0 Å². The zero-order chi connectivity index (χ0) is 10.4. The first-order valence-corrected chi connectivity index (χ1v) is 3.62. The van der Waals surface area contributed by atoms with Crippen molar-refractivity contribution in [2.75, 3.05) is 6.61 Å². The Morgan fingerprint density at radius 2 is 2.08 bits per heavy atom. The van der Waals surface area contributed by atoms with Gasteiger partial charge in [0.1, 0.15) is 12.2 Å². The molecule has 6 heteroatoms. The molecular weight excluding hydrogens is 180 g/mol. The fourth-order valence-corrected chi connectivity index (χ4v) is 0.697. The fourth-order valence-electron chi connectivity index (χ4n) is 0.697. The summed E-state index contributed by atoms with van der Waals surface area (Å²) in [6.07, 6.45) is -4.37. The van der Waals surface area contributed by atoms with Crippen LogP contribution in [0.4, 0.5) is 0 Å². The monoisotopic (exact) mass is 192 g/mol. The van der Waals surface area contributed by atoms with E-state index < -0.39 is 30.9 Å². The lowest BCUT2D eigenvalue weighted by atomic mass is 10.1. The van der Waals surface area contributed by atoms with Crippen molar-refractivity contribution in [2.45, 2.75) is 25.2 Å². The van der Waals surface area contributed by atoms with Gasteiger partial charge in [0, 0.05) is 6.92 Å². The minimum absolute atomic E-state index is 0.185. The maximum Gasteiger partial charge on any atom is 0.303 e. The average molecular weight is 192 g/mol. The molecule has 0 bridgehead atoms. The third-order valence-electron chi connectivity index (χ3n) is 1.35. The van der Waals surface area contributed by atoms with E-state index in [0.29, 0.717) is 0 Å². The van der Waals surface area contributed by atoms with E-state index in [2.05, 4.69) is 4.74 Å². The summed E-state index contributed by atoms with van der Waals surface area (Å²) in [5.41, 5.74) is 0. The Kier molecular flexibility index (Phi) is 5.20. The minimum Gasteiger partial charge on any atom is -0.452 e. The summed E-state index contributed by atoms with van der Waals surface area (Å²) < 4.78 is 4.36. The Morgan fingerprint density at radius 1 is 1.54 bits per heavy atom. The number of aliphatic hydroxyl groups excluding tert-OH is 3. The van der Waals surface area contributed by atoms with Gasteiger partial charge in [-0.3, -0.25) is 9.59 Å². The van der Waals surface area contributed by atoms with E-state index in [0.717, 1.165) is 6.92 Å². The van der Waals surface area contributed by atoms with E-state index in [-0.39, 0.29) is 6.29 Å². The van der Waals surface area contributed by atoms with E-state index in [1.165, 1.54) is 0 Å². The molecule has 0 rings (SSSR count). The Balaban J connectivity index is 4.21. The van der Waals surface area contributed by atoms with Crippen molar-refractivity contribution in [3.05, 3.63) is 0 Å². The maximum atomic E-state index is 10.4. The van der Waals surface area contributed by atoms with Gasteiger partial charge in [0.15, 0.2) is 12.4 Å². The van der Waals surface area contributed by atoms with Gasteiger partial charge in [0.05, 0.1) is 6.61 Å². The van der Waals surface area contributed by atoms with Gasteiger partial charge in [0.25, 0.3) is 0 Å². The topological polar surface area (TPSA) is 104 Å². The van der Waals surface area contributed by atoms with Crippen molar-refractivity contribution < 1.29 is 29.6 Å². The third kappa shape index (κ3) is 3.97. The lowest BCUT2D eigenvalue weighted by Gasteiger charge is -2.20. The Labute approximate surface area is 74.7 Å². The Bertz CT molecular complexity index is 180. The highest BCUT2D eigenvalue weighted by Gasteiger charge is 2.27. The summed E-state index contributed by atoms with van der Waals surface area (Å²) in [6, 6.07) is 0. The summed E-state index contributed by atoms with van der Waals surface area (Å²) in [7, 11) is 0. The molecule has 0 fully saturated rings. The SMILES string of the molecule is CC(=O)O[C@@H](C=O)[C@@H](O)[C@H](O)CO. The van der Waals surface area contributed by atoms with Crippen molar-refractivity contribution in [3.8, 4) is 0 Å². The van der Waals surface area contributed by atoms with Gasteiger partial charge in [-0.05, 0) is 0 Å². The molecule has 3 N–H and O–H groups in total. The van der Waals surface area contributed by atoms with Gasteiger partial charge in [-0.25, -0.2) is 0 Å². The smallest absolute Gasteiger partial charge is 0.303 e. The van der Waals surface area contributed by atoms with E-state index >= 15 is 0 Å². The summed E-state index contributed by atoms with van der Waals surface area (Å²) in [4.78, 5) is 20.7. The highest BCUT2D eigenvalue weighted by molar-refractivity contribution is 5.70. The zero-order valence-electron chi connectivity index (χ0n) is 7.08. The quantitative estimate of drug-likeness (QED) is 0.338. The predicted molar refractivity (Wildman–Crippen MR) is 40.7 cm³/mol. The molecule has 0 spiro atoms. The molecule has 0 heterocycles. The van der Waals surface area contributed by atoms with Crippen LogP contribution in [-0.4, -0.2) is 52.5 Å². The van der Waals surface area contributed by atoms with Crippen LogP contribution in [0.25, 0.3) is 0 Å². The number of esters is 1. The predicted octanol–water partition coefficient (Wildman–Crippen LogP) is -2.17. The molecule has 3 atom stereocenters. The van der Waals surface area contributed by atoms with Crippen molar-refractivity contribution in [1.82, 2.24) is 0 Å². The highest BCUT2D eigenvalue weighted by atomic mass is 16.6. The Morgan fingerprint density at radius 3 is 2.38 bits per heavy atom. The van der Waals surface area contributed by atoms with Crippen LogP contribution < -0.4 is 0 Å². The molecule has 0 aliphatic heterocycles. The molecule has 13 heavy (non-hydrogen) atoms. The number of carbonyl (C=O) groups is 2. The second-order valence-electron chi connectivity index (χ2n) is 2.45. The van der Waals surface area contributed by atoms with Crippen LogP contribution in [0.3, 0.4) is 0 Å². The minimum atomic E-state index is -1.61. The number of carbonyl (C=O) groups excluding carboxylic acids is 2. The first kappa shape index (κ1) is 12.0. The molecule has 0 aliphatic carbocycles. The second-order valence-corrected chi connectivity index (χ2v) is 2.45. The molecule has 0 unspecified atom stereocenters. The standard InChI is InChI=1S/C7H12O6/c1-4(10)13-6(3-9)7(12)5(11)2-8/h3,5-8,11-12H,2H2,1H3/t5-,6+,7+/m1/s1. The molecule has 76 valence electrons. The molecule has 0 aromatic heterocycles. The van der Waals surface area contributed by atoms with Crippen LogP contribution in [0, 0.1) is 0 Å². The largest absolute Gasteiger partial charge is 0.452 e. The number of hydrogen-bond acceptors (Lipinski definition) is 6. The van der Waals surface area contributed by atoms with Gasteiger partial charge >= 0.3 is 5.97 Å². The molecule has 0 saturated carbocycles. The summed E-state index contributed by atoms with van der Waals surface area (Å²) >= 11 is 0. The van der Waals surface area contributed by atoms with Crippen molar-refractivity contribution in [1.29, 1.82) is 0 Å². The van der Waals surface area contributed by atoms with E-state index in [1.54, 1.807) is 0 Å². The second kappa shape index (κ2) is 5.63. The molecule has 0 radical (unpaired) electrons. The number of ether oxygens (including phenoxy) is 1. The number of hydrogen-bond donors (Lipinski definition) is 3. The molecule has 0 aliphatic rings. The lowest BCUT2D eigenvalue weighted by molar-refractivity contribution is -0.161. The van der Waals surface area contributed by atoms with Crippen molar-refractivity contribution >= 4 is 12.3 Å². The van der Waals surface area contributed by atoms with E-state index in [1.807, 2.05) is 0 Å². The third-order valence-corrected chi connectivity index (χ3v) is 1.35. The molecular formula is C7H12O6. The molecule has 0 saturated heterocycles. The van der Waals surface area contributed by atoms with Gasteiger partial charge in [-0.1, -0.05) is 0 Å². The Hall–Kier alpha value is -0.980. The van der Waals surface area contributed by atoms with Crippen molar-refractivity contribution in [3.63, 3.8) is 0 Å². The van der Waals surface area contributed by atoms with Crippen LogP contribution in [0.1, 0.15) is 6.92 Å². The number of rotatable bonds is 5. The van der Waals surface area contributed by atoms with Crippen LogP contribution in [0.2, 0.25) is 0 Å². The van der Waals surface area contributed by atoms with Gasteiger partial charge < -0.3 is 20.1 Å². The zero-order valence-corrected chi connectivity index (χ0v) is 7.08. The van der Waals surface area contributed by atoms with Crippen LogP contribution in [0.15, 0.2) is 0 Å². The van der Waals surface area contributed by atoms with Crippen molar-refractivity contribution in [2.24, 2.45) is 0 Å². The van der Waals surface area contributed by atoms with Crippen LogP contribution in [-0.2, 0) is 14.3 Å². The average Bonchev–Trinajstić information content (AvgIpc) is 2.11. The molecule has 0 aromatic rings. The summed E-state index contributed by atoms with van der Waals surface area (Å²) in [6.45, 7) is 0.349.